The number of fused-ring (bicyclic) bond motifs is 2. The van der Waals surface area contributed by atoms with E-state index in [1.54, 1.807) is 4.90 Å². The van der Waals surface area contributed by atoms with Gasteiger partial charge in [-0.05, 0) is 53.9 Å². The maximum atomic E-state index is 13.4. The van der Waals surface area contributed by atoms with Crippen molar-refractivity contribution in [1.82, 2.24) is 0 Å². The van der Waals surface area contributed by atoms with E-state index in [4.69, 9.17) is 9.47 Å². The van der Waals surface area contributed by atoms with Gasteiger partial charge in [-0.1, -0.05) is 37.3 Å². The minimum atomic E-state index is -0.343. The Hall–Kier alpha value is -3.47. The molecule has 0 spiro atoms. The van der Waals surface area contributed by atoms with Crippen LogP contribution in [-0.4, -0.2) is 12.7 Å². The van der Waals surface area contributed by atoms with Crippen molar-refractivity contribution in [2.24, 2.45) is 0 Å². The molecule has 2 aliphatic rings. The summed E-state index contributed by atoms with van der Waals surface area (Å²) in [5, 5.41) is 3.52. The van der Waals surface area contributed by atoms with Gasteiger partial charge >= 0.3 is 0 Å². The number of anilines is 2. The van der Waals surface area contributed by atoms with Crippen LogP contribution in [0.15, 0.2) is 66.7 Å². The van der Waals surface area contributed by atoms with Gasteiger partial charge in [-0.15, -0.1) is 0 Å². The van der Waals surface area contributed by atoms with Gasteiger partial charge in [0.25, 0.3) is 5.91 Å². The van der Waals surface area contributed by atoms with E-state index >= 15 is 0 Å². The van der Waals surface area contributed by atoms with Gasteiger partial charge in [0.2, 0.25) is 6.79 Å². The lowest BCUT2D eigenvalue weighted by molar-refractivity contribution is 0.0975. The van der Waals surface area contributed by atoms with Crippen molar-refractivity contribution in [1.29, 1.82) is 0 Å². The van der Waals surface area contributed by atoms with Crippen LogP contribution >= 0.6 is 0 Å². The Morgan fingerprint density at radius 3 is 2.61 bits per heavy atom. The van der Waals surface area contributed by atoms with Crippen molar-refractivity contribution in [3.05, 3.63) is 83.4 Å². The Bertz CT molecular complexity index is 1050. The molecule has 0 saturated carbocycles. The molecule has 140 valence electrons. The van der Waals surface area contributed by atoms with E-state index in [1.807, 2.05) is 54.6 Å². The van der Waals surface area contributed by atoms with E-state index in [9.17, 15) is 4.79 Å². The van der Waals surface area contributed by atoms with Crippen LogP contribution in [0.5, 0.6) is 11.5 Å². The molecule has 0 radical (unpaired) electrons. The molecule has 0 aliphatic carbocycles. The third kappa shape index (κ3) is 2.67. The van der Waals surface area contributed by atoms with Crippen LogP contribution in [-0.2, 0) is 6.42 Å². The lowest BCUT2D eigenvalue weighted by Gasteiger charge is -2.38. The van der Waals surface area contributed by atoms with Gasteiger partial charge in [0, 0.05) is 11.4 Å². The van der Waals surface area contributed by atoms with Gasteiger partial charge in [0.1, 0.15) is 6.17 Å². The molecule has 2 heterocycles. The Labute approximate surface area is 163 Å². The number of ether oxygens (including phenoxy) is 2. The summed E-state index contributed by atoms with van der Waals surface area (Å²) in [5.74, 6) is 1.40. The minimum absolute atomic E-state index is 0.0266. The largest absolute Gasteiger partial charge is 0.454 e. The smallest absolute Gasteiger partial charge is 0.262 e. The number of rotatable bonds is 3. The highest BCUT2D eigenvalue weighted by atomic mass is 16.7. The van der Waals surface area contributed by atoms with Crippen LogP contribution < -0.4 is 19.7 Å². The summed E-state index contributed by atoms with van der Waals surface area (Å²) in [5.41, 5.74) is 4.52. The van der Waals surface area contributed by atoms with Crippen LogP contribution in [0.2, 0.25) is 0 Å². The first-order chi connectivity index (χ1) is 13.7. The second-order valence-corrected chi connectivity index (χ2v) is 6.90. The molecule has 28 heavy (non-hydrogen) atoms. The topological polar surface area (TPSA) is 50.8 Å². The molecular weight excluding hydrogens is 352 g/mol. The highest BCUT2D eigenvalue weighted by Crippen LogP contribution is 2.40. The van der Waals surface area contributed by atoms with Crippen molar-refractivity contribution in [3.63, 3.8) is 0 Å². The molecule has 5 nitrogen and oxygen atoms in total. The number of benzene rings is 3. The molecule has 1 N–H and O–H groups in total. The molecular formula is C23H20N2O3. The first kappa shape index (κ1) is 16.7. The predicted molar refractivity (Wildman–Crippen MR) is 108 cm³/mol. The second kappa shape index (κ2) is 6.60. The van der Waals surface area contributed by atoms with E-state index in [1.165, 1.54) is 5.56 Å². The number of nitrogens with zero attached hydrogens (tertiary/aromatic N) is 1. The summed E-state index contributed by atoms with van der Waals surface area (Å²) >= 11 is 0. The molecule has 1 atom stereocenters. The third-order valence-electron chi connectivity index (χ3n) is 5.26. The second-order valence-electron chi connectivity index (χ2n) is 6.90. The zero-order chi connectivity index (χ0) is 19.1. The first-order valence-electron chi connectivity index (χ1n) is 9.42. The monoisotopic (exact) mass is 372 g/mol. The Morgan fingerprint density at radius 2 is 1.79 bits per heavy atom. The quantitative estimate of drug-likeness (QED) is 0.721. The van der Waals surface area contributed by atoms with Crippen molar-refractivity contribution in [2.75, 3.05) is 17.0 Å². The standard InChI is InChI=1S/C23H20N2O3/c1-2-15-7-10-17(11-8-15)25-22(16-9-12-20-21(13-16)28-14-27-20)24-19-6-4-3-5-18(19)23(25)26/h3-13,22,24H,2,14H2,1H3/t22-/m1/s1. The molecule has 1 amide bonds. The highest BCUT2D eigenvalue weighted by molar-refractivity contribution is 6.12. The molecule has 3 aromatic carbocycles. The fourth-order valence-corrected chi connectivity index (χ4v) is 3.73. The summed E-state index contributed by atoms with van der Waals surface area (Å²) in [7, 11) is 0. The average Bonchev–Trinajstić information content (AvgIpc) is 3.22. The fraction of sp³-hybridized carbons (Fsp3) is 0.174. The van der Waals surface area contributed by atoms with Gasteiger partial charge in [-0.25, -0.2) is 0 Å². The number of carbonyl (C=O) groups is 1. The van der Waals surface area contributed by atoms with Crippen molar-refractivity contribution >= 4 is 17.3 Å². The summed E-state index contributed by atoms with van der Waals surface area (Å²) in [6.07, 6.45) is 0.616. The Balaban J connectivity index is 1.62. The molecule has 0 aromatic heterocycles. The number of para-hydroxylation sites is 1. The van der Waals surface area contributed by atoms with Gasteiger partial charge in [0.05, 0.1) is 5.56 Å². The van der Waals surface area contributed by atoms with E-state index in [0.717, 1.165) is 29.1 Å². The summed E-state index contributed by atoms with van der Waals surface area (Å²) in [6.45, 7) is 2.34. The lowest BCUT2D eigenvalue weighted by atomic mass is 10.0. The molecule has 0 saturated heterocycles. The SMILES string of the molecule is CCc1ccc(N2C(=O)c3ccccc3N[C@H]2c2ccc3c(c2)OCO3)cc1. The fourth-order valence-electron chi connectivity index (χ4n) is 3.73. The number of amides is 1. The normalized spacial score (nSPS) is 17.2. The number of hydrogen-bond donors (Lipinski definition) is 1. The number of aryl methyl sites for hydroxylation is 1. The number of hydrogen-bond acceptors (Lipinski definition) is 4. The zero-order valence-electron chi connectivity index (χ0n) is 15.5. The third-order valence-corrected chi connectivity index (χ3v) is 5.26. The minimum Gasteiger partial charge on any atom is -0.454 e. The average molecular weight is 372 g/mol. The zero-order valence-corrected chi connectivity index (χ0v) is 15.5. The first-order valence-corrected chi connectivity index (χ1v) is 9.42. The van der Waals surface area contributed by atoms with Crippen LogP contribution in [0.4, 0.5) is 11.4 Å². The highest BCUT2D eigenvalue weighted by Gasteiger charge is 2.34. The van der Waals surface area contributed by atoms with E-state index in [2.05, 4.69) is 24.4 Å². The Morgan fingerprint density at radius 1 is 1.00 bits per heavy atom. The van der Waals surface area contributed by atoms with Gasteiger partial charge in [-0.2, -0.15) is 0 Å². The van der Waals surface area contributed by atoms with Gasteiger partial charge in [0.15, 0.2) is 11.5 Å². The molecule has 0 unspecified atom stereocenters. The van der Waals surface area contributed by atoms with E-state index in [-0.39, 0.29) is 18.9 Å². The molecule has 5 heteroatoms. The number of nitrogens with one attached hydrogen (secondary N) is 1. The molecule has 0 bridgehead atoms. The predicted octanol–water partition coefficient (Wildman–Crippen LogP) is 4.75. The lowest BCUT2D eigenvalue weighted by Crippen LogP contribution is -2.43. The summed E-state index contributed by atoms with van der Waals surface area (Å²) in [4.78, 5) is 15.2. The molecule has 3 aromatic rings. The van der Waals surface area contributed by atoms with Crippen LogP contribution in [0, 0.1) is 0 Å². The van der Waals surface area contributed by atoms with Crippen molar-refractivity contribution in [2.45, 2.75) is 19.5 Å². The van der Waals surface area contributed by atoms with Crippen molar-refractivity contribution in [3.8, 4) is 11.5 Å². The van der Waals surface area contributed by atoms with Gasteiger partial charge < -0.3 is 14.8 Å². The van der Waals surface area contributed by atoms with Crippen molar-refractivity contribution < 1.29 is 14.3 Å². The van der Waals surface area contributed by atoms with Crippen LogP contribution in [0.25, 0.3) is 0 Å². The van der Waals surface area contributed by atoms with E-state index in [0.29, 0.717) is 11.3 Å². The molecule has 2 aliphatic heterocycles. The van der Waals surface area contributed by atoms with Crippen LogP contribution in [0.1, 0.15) is 34.6 Å². The van der Waals surface area contributed by atoms with E-state index < -0.39 is 0 Å². The summed E-state index contributed by atoms with van der Waals surface area (Å²) in [6, 6.07) is 21.6. The summed E-state index contributed by atoms with van der Waals surface area (Å²) < 4.78 is 11.0. The number of carbonyl (C=O) groups excluding carboxylic acids is 1. The maximum absolute atomic E-state index is 13.4. The van der Waals surface area contributed by atoms with Crippen LogP contribution in [0.3, 0.4) is 0 Å². The van der Waals surface area contributed by atoms with Gasteiger partial charge in [-0.3, -0.25) is 9.69 Å². The molecule has 0 fully saturated rings. The maximum Gasteiger partial charge on any atom is 0.262 e. The Kier molecular flexibility index (Phi) is 3.93. The molecule has 5 rings (SSSR count).